The summed E-state index contributed by atoms with van der Waals surface area (Å²) in [6, 6.07) is 15.4. The lowest BCUT2D eigenvalue weighted by molar-refractivity contribution is 0.0697. The van der Waals surface area contributed by atoms with Gasteiger partial charge in [-0.1, -0.05) is 55.8 Å². The number of halogens is 1. The molecule has 3 unspecified atom stereocenters. The van der Waals surface area contributed by atoms with E-state index in [1.54, 1.807) is 42.6 Å². The van der Waals surface area contributed by atoms with Gasteiger partial charge in [-0.25, -0.2) is 9.78 Å². The quantitative estimate of drug-likeness (QED) is 0.341. The molecule has 0 bridgehead atoms. The summed E-state index contributed by atoms with van der Waals surface area (Å²) in [5.74, 6) is -1.17. The first-order valence-corrected chi connectivity index (χ1v) is 11.6. The number of aryl methyl sites for hydroxylation is 1. The standard InChI is InChI=1S/C24H25ClN2O4S/c1-3-16-6-10-21(32(30)31)20(12-16)15(2)23(19-9-11-22(25)26-14-19)27-13-17-4-7-18(8-5-17)24(28)29/h4-12,14-15,23,27H,3,13H2,1-2H3,(H,28,29)(H,30,31)/p-1. The van der Waals surface area contributed by atoms with Gasteiger partial charge >= 0.3 is 5.97 Å². The summed E-state index contributed by atoms with van der Waals surface area (Å²) in [6.07, 6.45) is 2.48. The van der Waals surface area contributed by atoms with Crippen molar-refractivity contribution in [3.8, 4) is 0 Å². The lowest BCUT2D eigenvalue weighted by Gasteiger charge is -2.28. The average molecular weight is 472 g/mol. The molecule has 1 heterocycles. The van der Waals surface area contributed by atoms with E-state index in [2.05, 4.69) is 10.3 Å². The van der Waals surface area contributed by atoms with Crippen LogP contribution in [0.2, 0.25) is 5.15 Å². The van der Waals surface area contributed by atoms with Crippen LogP contribution in [-0.2, 0) is 24.0 Å². The second-order valence-corrected chi connectivity index (χ2v) is 8.82. The molecule has 3 atom stereocenters. The summed E-state index contributed by atoms with van der Waals surface area (Å²) in [6.45, 7) is 4.46. The van der Waals surface area contributed by atoms with Crippen molar-refractivity contribution in [1.29, 1.82) is 0 Å². The van der Waals surface area contributed by atoms with E-state index in [4.69, 9.17) is 16.7 Å². The molecule has 1 aromatic heterocycles. The monoisotopic (exact) mass is 471 g/mol. The molecule has 0 aliphatic rings. The molecule has 0 saturated carbocycles. The van der Waals surface area contributed by atoms with Crippen molar-refractivity contribution in [2.24, 2.45) is 0 Å². The Kier molecular flexibility index (Phi) is 8.15. The van der Waals surface area contributed by atoms with Crippen LogP contribution in [0.5, 0.6) is 0 Å². The van der Waals surface area contributed by atoms with Gasteiger partial charge in [0.25, 0.3) is 0 Å². The highest BCUT2D eigenvalue weighted by atomic mass is 35.5. The zero-order valence-corrected chi connectivity index (χ0v) is 19.3. The number of hydrogen-bond donors (Lipinski definition) is 2. The summed E-state index contributed by atoms with van der Waals surface area (Å²) in [5, 5.41) is 13.0. The normalized spacial score (nSPS) is 14.0. The van der Waals surface area contributed by atoms with Gasteiger partial charge in [-0.05, 0) is 64.0 Å². The molecule has 0 aliphatic carbocycles. The molecule has 3 aromatic rings. The fourth-order valence-electron chi connectivity index (χ4n) is 3.65. The van der Waals surface area contributed by atoms with Crippen LogP contribution in [-0.4, -0.2) is 24.8 Å². The molecular formula is C24H24ClN2O4S-. The molecule has 0 aliphatic heterocycles. The SMILES string of the molecule is CCc1ccc(S(=O)[O-])c(C(C)C(NCc2ccc(C(=O)O)cc2)c2ccc(Cl)nc2)c1. The molecule has 3 rings (SSSR count). The molecule has 32 heavy (non-hydrogen) atoms. The minimum atomic E-state index is -2.37. The molecule has 8 heteroatoms. The van der Waals surface area contributed by atoms with E-state index >= 15 is 0 Å². The molecule has 0 amide bonds. The predicted octanol–water partition coefficient (Wildman–Crippen LogP) is 4.87. The van der Waals surface area contributed by atoms with Crippen LogP contribution in [0.1, 0.15) is 58.4 Å². The number of carboxylic acid groups (broad SMARTS) is 1. The van der Waals surface area contributed by atoms with Crippen LogP contribution < -0.4 is 5.32 Å². The number of rotatable bonds is 9. The summed E-state index contributed by atoms with van der Waals surface area (Å²) < 4.78 is 23.8. The first-order chi connectivity index (χ1) is 15.3. The highest BCUT2D eigenvalue weighted by Crippen LogP contribution is 2.35. The predicted molar refractivity (Wildman–Crippen MR) is 124 cm³/mol. The van der Waals surface area contributed by atoms with Gasteiger partial charge in [0.2, 0.25) is 0 Å². The van der Waals surface area contributed by atoms with Crippen molar-refractivity contribution >= 4 is 28.7 Å². The van der Waals surface area contributed by atoms with Gasteiger partial charge in [0.05, 0.1) is 5.56 Å². The Labute approximate surface area is 195 Å². The Morgan fingerprint density at radius 3 is 2.41 bits per heavy atom. The zero-order valence-electron chi connectivity index (χ0n) is 17.7. The lowest BCUT2D eigenvalue weighted by Crippen LogP contribution is -2.26. The Balaban J connectivity index is 1.95. The second kappa shape index (κ2) is 10.8. The van der Waals surface area contributed by atoms with Gasteiger partial charge in [0.1, 0.15) is 5.15 Å². The van der Waals surface area contributed by atoms with Crippen molar-refractivity contribution in [3.63, 3.8) is 0 Å². The topological polar surface area (TPSA) is 102 Å². The van der Waals surface area contributed by atoms with E-state index in [-0.39, 0.29) is 22.4 Å². The third-order valence-corrected chi connectivity index (χ3v) is 6.44. The molecule has 0 saturated heterocycles. The Morgan fingerprint density at radius 2 is 1.84 bits per heavy atom. The maximum atomic E-state index is 11.9. The van der Waals surface area contributed by atoms with Crippen LogP contribution >= 0.6 is 11.6 Å². The van der Waals surface area contributed by atoms with Crippen LogP contribution in [0.3, 0.4) is 0 Å². The molecule has 2 aromatic carbocycles. The Hall–Kier alpha value is -2.58. The first-order valence-electron chi connectivity index (χ1n) is 10.2. The maximum absolute atomic E-state index is 11.9. The van der Waals surface area contributed by atoms with Gasteiger partial charge < -0.3 is 15.0 Å². The molecule has 2 N–H and O–H groups in total. The molecular weight excluding hydrogens is 448 g/mol. The third-order valence-electron chi connectivity index (χ3n) is 5.49. The third kappa shape index (κ3) is 5.81. The van der Waals surface area contributed by atoms with Crippen molar-refractivity contribution in [2.75, 3.05) is 0 Å². The number of hydrogen-bond acceptors (Lipinski definition) is 5. The van der Waals surface area contributed by atoms with E-state index in [0.717, 1.165) is 28.7 Å². The Bertz CT molecular complexity index is 1100. The van der Waals surface area contributed by atoms with Crippen LogP contribution in [0.25, 0.3) is 0 Å². The molecule has 0 spiro atoms. The summed E-state index contributed by atoms with van der Waals surface area (Å²) in [7, 11) is 0. The summed E-state index contributed by atoms with van der Waals surface area (Å²) in [4.78, 5) is 15.6. The van der Waals surface area contributed by atoms with Crippen LogP contribution in [0, 0.1) is 0 Å². The van der Waals surface area contributed by atoms with E-state index in [9.17, 15) is 13.6 Å². The zero-order chi connectivity index (χ0) is 23.3. The number of pyridine rings is 1. The molecule has 0 fully saturated rings. The molecule has 6 nitrogen and oxygen atoms in total. The lowest BCUT2D eigenvalue weighted by atomic mass is 9.88. The van der Waals surface area contributed by atoms with Gasteiger partial charge in [0, 0.05) is 29.6 Å². The highest BCUT2D eigenvalue weighted by Gasteiger charge is 2.24. The van der Waals surface area contributed by atoms with Crippen LogP contribution in [0.4, 0.5) is 0 Å². The number of carbonyl (C=O) groups is 1. The minimum Gasteiger partial charge on any atom is -0.768 e. The Morgan fingerprint density at radius 1 is 1.16 bits per heavy atom. The summed E-state index contributed by atoms with van der Waals surface area (Å²) in [5.41, 5.74) is 3.78. The van der Waals surface area contributed by atoms with Crippen molar-refractivity contribution in [1.82, 2.24) is 10.3 Å². The fraction of sp³-hybridized carbons (Fsp3) is 0.250. The van der Waals surface area contributed by atoms with Crippen molar-refractivity contribution in [2.45, 2.75) is 43.7 Å². The van der Waals surface area contributed by atoms with Crippen LogP contribution in [0.15, 0.2) is 65.7 Å². The number of nitrogens with one attached hydrogen (secondary N) is 1. The highest BCUT2D eigenvalue weighted by molar-refractivity contribution is 7.79. The number of aromatic nitrogens is 1. The van der Waals surface area contributed by atoms with E-state index in [1.807, 2.05) is 32.0 Å². The smallest absolute Gasteiger partial charge is 0.335 e. The van der Waals surface area contributed by atoms with Gasteiger partial charge in [-0.15, -0.1) is 0 Å². The first kappa shape index (κ1) is 24.1. The van der Waals surface area contributed by atoms with Gasteiger partial charge in [-0.3, -0.25) is 4.21 Å². The van der Waals surface area contributed by atoms with Gasteiger partial charge in [-0.2, -0.15) is 0 Å². The largest absolute Gasteiger partial charge is 0.768 e. The number of nitrogens with zero attached hydrogens (tertiary/aromatic N) is 1. The number of benzene rings is 2. The van der Waals surface area contributed by atoms with Crippen molar-refractivity contribution in [3.05, 3.63) is 93.8 Å². The minimum absolute atomic E-state index is 0.198. The average Bonchev–Trinajstić information content (AvgIpc) is 2.79. The second-order valence-electron chi connectivity index (χ2n) is 7.52. The molecule has 0 radical (unpaired) electrons. The number of aromatic carboxylic acids is 1. The summed E-state index contributed by atoms with van der Waals surface area (Å²) >= 11 is 3.61. The van der Waals surface area contributed by atoms with E-state index in [0.29, 0.717) is 11.7 Å². The van der Waals surface area contributed by atoms with E-state index in [1.165, 1.54) is 0 Å². The van der Waals surface area contributed by atoms with Crippen molar-refractivity contribution < 1.29 is 18.7 Å². The maximum Gasteiger partial charge on any atom is 0.335 e. The number of carboxylic acids is 1. The van der Waals surface area contributed by atoms with E-state index < -0.39 is 17.0 Å². The fourth-order valence-corrected chi connectivity index (χ4v) is 4.38. The molecule has 168 valence electrons. The van der Waals surface area contributed by atoms with Gasteiger partial charge in [0.15, 0.2) is 0 Å².